The van der Waals surface area contributed by atoms with E-state index in [1.807, 2.05) is 11.8 Å². The molecule has 6 heteroatoms. The molecule has 6 nitrogen and oxygen atoms in total. The second-order valence-electron chi connectivity index (χ2n) is 8.00. The topological polar surface area (TPSA) is 85.2 Å². The summed E-state index contributed by atoms with van der Waals surface area (Å²) >= 11 is 0. The first-order valence-electron chi connectivity index (χ1n) is 9.46. The number of carbonyl (C=O) groups excluding carboxylic acids is 1. The molecule has 0 aromatic carbocycles. The van der Waals surface area contributed by atoms with Gasteiger partial charge in [-0.25, -0.2) is 0 Å². The zero-order valence-electron chi connectivity index (χ0n) is 14.5. The Hall–Kier alpha value is -1.43. The number of nitrogens with zero attached hydrogens (tertiary/aromatic N) is 3. The Labute approximate surface area is 143 Å². The van der Waals surface area contributed by atoms with Gasteiger partial charge in [0, 0.05) is 25.0 Å². The third kappa shape index (κ3) is 2.96. The van der Waals surface area contributed by atoms with Gasteiger partial charge in [0.25, 0.3) is 0 Å². The van der Waals surface area contributed by atoms with Crippen molar-refractivity contribution in [1.29, 1.82) is 0 Å². The van der Waals surface area contributed by atoms with Crippen LogP contribution in [0.1, 0.15) is 62.6 Å². The number of amides is 1. The van der Waals surface area contributed by atoms with Crippen LogP contribution < -0.4 is 5.73 Å². The van der Waals surface area contributed by atoms with Gasteiger partial charge < -0.3 is 15.2 Å². The maximum Gasteiger partial charge on any atom is 0.231 e. The number of aryl methyl sites for hydroxylation is 1. The summed E-state index contributed by atoms with van der Waals surface area (Å²) in [4.78, 5) is 19.5. The summed E-state index contributed by atoms with van der Waals surface area (Å²) in [6.45, 7) is 3.42. The van der Waals surface area contributed by atoms with Gasteiger partial charge in [0.15, 0.2) is 5.82 Å². The molecule has 3 aliphatic rings. The fourth-order valence-electron chi connectivity index (χ4n) is 5.11. The summed E-state index contributed by atoms with van der Waals surface area (Å²) in [7, 11) is 0. The minimum Gasteiger partial charge on any atom is -0.342 e. The summed E-state index contributed by atoms with van der Waals surface area (Å²) in [5.74, 6) is 3.14. The minimum absolute atomic E-state index is 0.170. The molecule has 132 valence electrons. The Morgan fingerprint density at radius 3 is 2.62 bits per heavy atom. The maximum atomic E-state index is 13.1. The van der Waals surface area contributed by atoms with Crippen molar-refractivity contribution in [3.63, 3.8) is 0 Å². The number of carbonyl (C=O) groups is 1. The quantitative estimate of drug-likeness (QED) is 0.897. The van der Waals surface area contributed by atoms with Crippen LogP contribution in [0.2, 0.25) is 0 Å². The van der Waals surface area contributed by atoms with E-state index in [0.717, 1.165) is 38.8 Å². The van der Waals surface area contributed by atoms with Crippen molar-refractivity contribution >= 4 is 5.91 Å². The van der Waals surface area contributed by atoms with Gasteiger partial charge in [-0.05, 0) is 57.3 Å². The van der Waals surface area contributed by atoms with Crippen molar-refractivity contribution in [2.75, 3.05) is 13.1 Å². The van der Waals surface area contributed by atoms with Crippen molar-refractivity contribution in [3.05, 3.63) is 11.7 Å². The molecule has 3 fully saturated rings. The summed E-state index contributed by atoms with van der Waals surface area (Å²) in [5.41, 5.74) is 6.37. The van der Waals surface area contributed by atoms with Crippen LogP contribution in [0.5, 0.6) is 0 Å². The van der Waals surface area contributed by atoms with Crippen molar-refractivity contribution in [2.24, 2.45) is 23.5 Å². The molecule has 1 aromatic heterocycles. The smallest absolute Gasteiger partial charge is 0.231 e. The Bertz CT molecular complexity index is 588. The second-order valence-corrected chi connectivity index (χ2v) is 8.00. The first-order valence-corrected chi connectivity index (χ1v) is 9.46. The molecule has 2 bridgehead atoms. The number of nitrogens with two attached hydrogens (primary N) is 1. The van der Waals surface area contributed by atoms with Gasteiger partial charge in [0.2, 0.25) is 11.8 Å². The first kappa shape index (κ1) is 16.1. The number of fused-ring (bicyclic) bond motifs is 2. The van der Waals surface area contributed by atoms with E-state index < -0.39 is 0 Å². The van der Waals surface area contributed by atoms with E-state index >= 15 is 0 Å². The van der Waals surface area contributed by atoms with Crippen molar-refractivity contribution in [1.82, 2.24) is 15.0 Å². The molecule has 2 saturated carbocycles. The number of rotatable bonds is 2. The maximum absolute atomic E-state index is 13.1. The molecule has 0 spiro atoms. The number of likely N-dealkylation sites (tertiary alicyclic amines) is 1. The molecule has 1 aliphatic heterocycles. The molecule has 4 rings (SSSR count). The van der Waals surface area contributed by atoms with Crippen LogP contribution in [0.3, 0.4) is 0 Å². The average molecular weight is 332 g/mol. The van der Waals surface area contributed by atoms with Crippen molar-refractivity contribution in [2.45, 2.75) is 63.8 Å². The van der Waals surface area contributed by atoms with E-state index in [2.05, 4.69) is 10.1 Å². The summed E-state index contributed by atoms with van der Waals surface area (Å²) < 4.78 is 5.34. The van der Waals surface area contributed by atoms with Gasteiger partial charge in [-0.1, -0.05) is 11.6 Å². The molecule has 3 atom stereocenters. The van der Waals surface area contributed by atoms with Crippen LogP contribution >= 0.6 is 0 Å². The van der Waals surface area contributed by atoms with Crippen molar-refractivity contribution in [3.8, 4) is 0 Å². The highest BCUT2D eigenvalue weighted by molar-refractivity contribution is 5.79. The van der Waals surface area contributed by atoms with Gasteiger partial charge >= 0.3 is 0 Å². The van der Waals surface area contributed by atoms with Gasteiger partial charge in [-0.3, -0.25) is 4.79 Å². The van der Waals surface area contributed by atoms with Crippen LogP contribution in [-0.2, 0) is 4.79 Å². The average Bonchev–Trinajstić information content (AvgIpc) is 3.01. The van der Waals surface area contributed by atoms with Crippen LogP contribution in [0, 0.1) is 24.7 Å². The minimum atomic E-state index is 0.170. The lowest BCUT2D eigenvalue weighted by atomic mass is 9.65. The molecular formula is C18H28N4O2. The molecule has 24 heavy (non-hydrogen) atoms. The highest BCUT2D eigenvalue weighted by Crippen LogP contribution is 2.42. The molecule has 1 saturated heterocycles. The Morgan fingerprint density at radius 1 is 1.21 bits per heavy atom. The molecule has 3 unspecified atom stereocenters. The zero-order chi connectivity index (χ0) is 16.7. The molecule has 1 amide bonds. The van der Waals surface area contributed by atoms with E-state index in [0.29, 0.717) is 35.5 Å². The highest BCUT2D eigenvalue weighted by Gasteiger charge is 2.42. The number of aromatic nitrogens is 2. The highest BCUT2D eigenvalue weighted by atomic mass is 16.5. The lowest BCUT2D eigenvalue weighted by molar-refractivity contribution is -0.140. The molecule has 1 aromatic rings. The van der Waals surface area contributed by atoms with E-state index in [-0.39, 0.29) is 11.8 Å². The SMILES string of the molecule is Cc1noc(C2CCCN(C(=O)C3CC4CCCC(C3)C4N)C2)n1. The predicted octanol–water partition coefficient (Wildman–Crippen LogP) is 2.24. The van der Waals surface area contributed by atoms with Crippen LogP contribution in [0.4, 0.5) is 0 Å². The molecule has 0 radical (unpaired) electrons. The van der Waals surface area contributed by atoms with E-state index in [1.54, 1.807) is 0 Å². The summed E-state index contributed by atoms with van der Waals surface area (Å²) in [5, 5.41) is 3.89. The van der Waals surface area contributed by atoms with Gasteiger partial charge in [0.1, 0.15) is 0 Å². The third-order valence-corrected chi connectivity index (χ3v) is 6.39. The van der Waals surface area contributed by atoms with Crippen LogP contribution in [0.15, 0.2) is 4.52 Å². The third-order valence-electron chi connectivity index (χ3n) is 6.39. The summed E-state index contributed by atoms with van der Waals surface area (Å²) in [6.07, 6.45) is 7.68. The Balaban J connectivity index is 1.42. The molecular weight excluding hydrogens is 304 g/mol. The molecule has 2 N–H and O–H groups in total. The lowest BCUT2D eigenvalue weighted by Crippen LogP contribution is -2.50. The standard InChI is InChI=1S/C18H28N4O2/c1-11-20-17(24-21-11)14-6-3-7-22(10-14)18(23)15-8-12-4-2-5-13(9-15)16(12)19/h12-16H,2-10,19H2,1H3. The van der Waals surface area contributed by atoms with Gasteiger partial charge in [-0.2, -0.15) is 4.98 Å². The van der Waals surface area contributed by atoms with Crippen molar-refractivity contribution < 1.29 is 9.32 Å². The van der Waals surface area contributed by atoms with E-state index in [1.165, 1.54) is 19.3 Å². The van der Waals surface area contributed by atoms with E-state index in [4.69, 9.17) is 10.3 Å². The largest absolute Gasteiger partial charge is 0.342 e. The zero-order valence-corrected chi connectivity index (χ0v) is 14.5. The summed E-state index contributed by atoms with van der Waals surface area (Å²) in [6, 6.07) is 0.318. The van der Waals surface area contributed by atoms with Crippen LogP contribution in [-0.4, -0.2) is 40.1 Å². The fraction of sp³-hybridized carbons (Fsp3) is 0.833. The Kier molecular flexibility index (Phi) is 4.33. The number of piperidine rings is 1. The second kappa shape index (κ2) is 6.47. The Morgan fingerprint density at radius 2 is 1.96 bits per heavy atom. The van der Waals surface area contributed by atoms with E-state index in [9.17, 15) is 4.79 Å². The monoisotopic (exact) mass is 332 g/mol. The number of hydrogen-bond donors (Lipinski definition) is 1. The van der Waals surface area contributed by atoms with Gasteiger partial charge in [-0.15, -0.1) is 0 Å². The molecule has 2 heterocycles. The fourth-order valence-corrected chi connectivity index (χ4v) is 5.11. The first-order chi connectivity index (χ1) is 11.6. The van der Waals surface area contributed by atoms with Crippen LogP contribution in [0.25, 0.3) is 0 Å². The number of hydrogen-bond acceptors (Lipinski definition) is 5. The lowest BCUT2D eigenvalue weighted by Gasteiger charge is -2.45. The molecule has 2 aliphatic carbocycles. The van der Waals surface area contributed by atoms with Gasteiger partial charge in [0.05, 0.1) is 5.92 Å². The normalized spacial score (nSPS) is 36.6. The predicted molar refractivity (Wildman–Crippen MR) is 89.1 cm³/mol.